The molecule has 7 heteroatoms. The van der Waals surface area contributed by atoms with Crippen molar-refractivity contribution >= 4 is 23.5 Å². The van der Waals surface area contributed by atoms with E-state index >= 15 is 0 Å². The van der Waals surface area contributed by atoms with Gasteiger partial charge in [-0.2, -0.15) is 0 Å². The maximum absolute atomic E-state index is 13.9. The quantitative estimate of drug-likeness (QED) is 0.771. The molecule has 0 unspecified atom stereocenters. The van der Waals surface area contributed by atoms with Crippen LogP contribution in [-0.4, -0.2) is 60.4 Å². The van der Waals surface area contributed by atoms with Crippen LogP contribution in [0.25, 0.3) is 0 Å². The number of hydrogen-bond donors (Lipinski definition) is 1. The number of nitrogens with zero attached hydrogens (tertiary/aromatic N) is 3. The number of likely N-dealkylation sites (N-methyl/N-ethyl adjacent to an activating group) is 1. The molecular formula is C23H24N4O3. The fraction of sp³-hybridized carbons (Fsp3) is 0.348. The number of carbonyl (C=O) groups excluding carboxylic acids is 3. The van der Waals surface area contributed by atoms with E-state index in [1.807, 2.05) is 55.6 Å². The maximum Gasteiger partial charge on any atom is 0.331 e. The Labute approximate surface area is 175 Å². The molecule has 3 aliphatic heterocycles. The van der Waals surface area contributed by atoms with Crippen LogP contribution >= 0.6 is 0 Å². The topological polar surface area (TPSA) is 73.0 Å². The summed E-state index contributed by atoms with van der Waals surface area (Å²) in [6, 6.07) is 16.4. The summed E-state index contributed by atoms with van der Waals surface area (Å²) in [5.41, 5.74) is 1.56. The van der Waals surface area contributed by atoms with Gasteiger partial charge in [-0.3, -0.25) is 19.8 Å². The predicted molar refractivity (Wildman–Crippen MR) is 112 cm³/mol. The fourth-order valence-corrected chi connectivity index (χ4v) is 5.05. The first-order chi connectivity index (χ1) is 14.5. The van der Waals surface area contributed by atoms with Crippen LogP contribution in [0.2, 0.25) is 0 Å². The molecule has 3 heterocycles. The van der Waals surface area contributed by atoms with Gasteiger partial charge in [0.05, 0.1) is 12.6 Å². The third-order valence-electron chi connectivity index (χ3n) is 6.60. The van der Waals surface area contributed by atoms with E-state index in [1.54, 1.807) is 0 Å². The summed E-state index contributed by atoms with van der Waals surface area (Å²) in [6.07, 6.45) is 0.293. The number of hydrogen-bond acceptors (Lipinski definition) is 5. The second-order valence-corrected chi connectivity index (χ2v) is 8.38. The molecule has 2 fully saturated rings. The lowest BCUT2D eigenvalue weighted by molar-refractivity contribution is -0.154. The smallest absolute Gasteiger partial charge is 0.331 e. The summed E-state index contributed by atoms with van der Waals surface area (Å²) in [4.78, 5) is 45.4. The summed E-state index contributed by atoms with van der Waals surface area (Å²) in [5, 5.41) is 2.50. The van der Waals surface area contributed by atoms with Crippen molar-refractivity contribution in [2.75, 3.05) is 31.6 Å². The second-order valence-electron chi connectivity index (χ2n) is 8.38. The third-order valence-corrected chi connectivity index (χ3v) is 6.60. The number of anilines is 1. The summed E-state index contributed by atoms with van der Waals surface area (Å²) in [7, 11) is 2.00. The SMILES string of the molecule is CN1CCN2c3ccccc3C[C@]3(C(=O)NC(=O)N(Cc4ccccc4)C3=O)[C@H]2C1. The molecule has 1 spiro atoms. The van der Waals surface area contributed by atoms with Gasteiger partial charge in [-0.15, -0.1) is 0 Å². The minimum atomic E-state index is -1.33. The number of nitrogens with one attached hydrogen (secondary N) is 1. The Kier molecular flexibility index (Phi) is 4.36. The maximum atomic E-state index is 13.9. The monoisotopic (exact) mass is 404 g/mol. The Morgan fingerprint density at radius 3 is 2.53 bits per heavy atom. The highest BCUT2D eigenvalue weighted by Gasteiger charge is 2.62. The Hall–Kier alpha value is -3.19. The summed E-state index contributed by atoms with van der Waals surface area (Å²) >= 11 is 0. The van der Waals surface area contributed by atoms with Crippen molar-refractivity contribution in [3.63, 3.8) is 0 Å². The average molecular weight is 404 g/mol. The van der Waals surface area contributed by atoms with Crippen molar-refractivity contribution < 1.29 is 14.4 Å². The van der Waals surface area contributed by atoms with E-state index in [2.05, 4.69) is 21.2 Å². The van der Waals surface area contributed by atoms with Crippen LogP contribution in [0.3, 0.4) is 0 Å². The Balaban J connectivity index is 1.60. The Morgan fingerprint density at radius 1 is 1.00 bits per heavy atom. The van der Waals surface area contributed by atoms with E-state index in [9.17, 15) is 14.4 Å². The van der Waals surface area contributed by atoms with Crippen LogP contribution in [0.15, 0.2) is 54.6 Å². The van der Waals surface area contributed by atoms with Crippen LogP contribution in [0.4, 0.5) is 10.5 Å². The van der Waals surface area contributed by atoms with Crippen molar-refractivity contribution in [3.05, 3.63) is 65.7 Å². The number of piperazine rings is 1. The van der Waals surface area contributed by atoms with Crippen LogP contribution in [0, 0.1) is 5.41 Å². The highest BCUT2D eigenvalue weighted by molar-refractivity contribution is 6.20. The minimum Gasteiger partial charge on any atom is -0.364 e. The van der Waals surface area contributed by atoms with Gasteiger partial charge in [0.25, 0.3) is 0 Å². The van der Waals surface area contributed by atoms with Crippen LogP contribution in [-0.2, 0) is 22.6 Å². The van der Waals surface area contributed by atoms with Crippen LogP contribution < -0.4 is 10.2 Å². The molecule has 2 aromatic carbocycles. The summed E-state index contributed by atoms with van der Waals surface area (Å²) in [5.74, 6) is -0.887. The van der Waals surface area contributed by atoms with Gasteiger partial charge in [-0.05, 0) is 30.7 Å². The molecule has 0 aromatic heterocycles. The second kappa shape index (κ2) is 6.95. The van der Waals surface area contributed by atoms with E-state index in [-0.39, 0.29) is 12.6 Å². The van der Waals surface area contributed by atoms with E-state index in [4.69, 9.17) is 0 Å². The number of amides is 4. The number of urea groups is 1. The number of rotatable bonds is 2. The summed E-state index contributed by atoms with van der Waals surface area (Å²) < 4.78 is 0. The lowest BCUT2D eigenvalue weighted by atomic mass is 9.67. The van der Waals surface area contributed by atoms with E-state index < -0.39 is 23.3 Å². The number of fused-ring (bicyclic) bond motifs is 4. The molecule has 3 aliphatic rings. The molecular weight excluding hydrogens is 380 g/mol. The first kappa shape index (κ1) is 18.8. The molecule has 1 N–H and O–H groups in total. The third kappa shape index (κ3) is 2.73. The molecule has 7 nitrogen and oxygen atoms in total. The summed E-state index contributed by atoms with van der Waals surface area (Å²) in [6.45, 7) is 2.31. The molecule has 4 amide bonds. The molecule has 30 heavy (non-hydrogen) atoms. The van der Waals surface area contributed by atoms with Crippen molar-refractivity contribution in [1.29, 1.82) is 0 Å². The minimum absolute atomic E-state index is 0.144. The number of benzene rings is 2. The lowest BCUT2D eigenvalue weighted by Crippen LogP contribution is -2.74. The molecule has 0 bridgehead atoms. The first-order valence-corrected chi connectivity index (χ1v) is 10.2. The first-order valence-electron chi connectivity index (χ1n) is 10.2. The van der Waals surface area contributed by atoms with Gasteiger partial charge in [-0.25, -0.2) is 4.79 Å². The predicted octanol–water partition coefficient (Wildman–Crippen LogP) is 1.63. The van der Waals surface area contributed by atoms with Gasteiger partial charge in [0.15, 0.2) is 5.41 Å². The zero-order chi connectivity index (χ0) is 20.9. The molecule has 0 aliphatic carbocycles. The highest BCUT2D eigenvalue weighted by atomic mass is 16.2. The van der Waals surface area contributed by atoms with Gasteiger partial charge >= 0.3 is 6.03 Å². The van der Waals surface area contributed by atoms with Crippen molar-refractivity contribution in [2.24, 2.45) is 5.41 Å². The Morgan fingerprint density at radius 2 is 1.73 bits per heavy atom. The highest BCUT2D eigenvalue weighted by Crippen LogP contribution is 2.45. The molecule has 2 atom stereocenters. The van der Waals surface area contributed by atoms with Gasteiger partial charge in [0, 0.05) is 25.3 Å². The molecule has 154 valence electrons. The number of para-hydroxylation sites is 1. The normalized spacial score (nSPS) is 26.4. The Bertz CT molecular complexity index is 1020. The zero-order valence-electron chi connectivity index (χ0n) is 16.9. The number of imide groups is 2. The van der Waals surface area contributed by atoms with Crippen molar-refractivity contribution in [2.45, 2.75) is 19.0 Å². The van der Waals surface area contributed by atoms with Gasteiger partial charge in [0.1, 0.15) is 0 Å². The van der Waals surface area contributed by atoms with Gasteiger partial charge < -0.3 is 9.80 Å². The molecule has 2 saturated heterocycles. The molecule has 5 rings (SSSR count). The molecule has 0 saturated carbocycles. The van der Waals surface area contributed by atoms with Crippen LogP contribution in [0.5, 0.6) is 0 Å². The largest absolute Gasteiger partial charge is 0.364 e. The van der Waals surface area contributed by atoms with Crippen LogP contribution in [0.1, 0.15) is 11.1 Å². The van der Waals surface area contributed by atoms with E-state index in [1.165, 1.54) is 4.90 Å². The average Bonchev–Trinajstić information content (AvgIpc) is 2.76. The lowest BCUT2D eigenvalue weighted by Gasteiger charge is -2.55. The number of barbiturate groups is 1. The van der Waals surface area contributed by atoms with E-state index in [0.29, 0.717) is 13.0 Å². The van der Waals surface area contributed by atoms with Crippen molar-refractivity contribution in [1.82, 2.24) is 15.1 Å². The van der Waals surface area contributed by atoms with E-state index in [0.717, 1.165) is 29.9 Å². The van der Waals surface area contributed by atoms with Crippen molar-refractivity contribution in [3.8, 4) is 0 Å². The molecule has 2 aromatic rings. The zero-order valence-corrected chi connectivity index (χ0v) is 16.9. The number of carbonyl (C=O) groups is 3. The standard InChI is InChI=1S/C23H24N4O3/c1-25-11-12-26-18-10-6-5-9-17(18)13-23(19(26)15-25)20(28)24-22(30)27(21(23)29)14-16-7-3-2-4-8-16/h2-10,19H,11-15H2,1H3,(H,24,28,30)/t19-,23-/m1/s1. The fourth-order valence-electron chi connectivity index (χ4n) is 5.05. The van der Waals surface area contributed by atoms with Gasteiger partial charge in [-0.1, -0.05) is 48.5 Å². The van der Waals surface area contributed by atoms with Gasteiger partial charge in [0.2, 0.25) is 11.8 Å². The molecule has 0 radical (unpaired) electrons.